The number of rotatable bonds is 3. The first-order chi connectivity index (χ1) is 13.1. The first-order valence-corrected chi connectivity index (χ1v) is 8.91. The smallest absolute Gasteiger partial charge is 0.322 e. The van der Waals surface area contributed by atoms with E-state index in [9.17, 15) is 9.18 Å². The van der Waals surface area contributed by atoms with Crippen LogP contribution in [0.1, 0.15) is 24.8 Å². The molecular formula is C19H16ClFN4O2. The minimum atomic E-state index is -0.534. The molecule has 2 heterocycles. The van der Waals surface area contributed by atoms with Crippen molar-refractivity contribution in [3.8, 4) is 11.4 Å². The van der Waals surface area contributed by atoms with Crippen LogP contribution in [0.2, 0.25) is 5.02 Å². The highest BCUT2D eigenvalue weighted by Crippen LogP contribution is 2.32. The number of amides is 2. The van der Waals surface area contributed by atoms with Gasteiger partial charge in [0.25, 0.3) is 0 Å². The summed E-state index contributed by atoms with van der Waals surface area (Å²) in [6.07, 6.45) is 1.55. The van der Waals surface area contributed by atoms with Crippen molar-refractivity contribution in [3.05, 3.63) is 65.3 Å². The molecule has 0 radical (unpaired) electrons. The van der Waals surface area contributed by atoms with E-state index in [0.29, 0.717) is 23.9 Å². The lowest BCUT2D eigenvalue weighted by Crippen LogP contribution is -2.34. The summed E-state index contributed by atoms with van der Waals surface area (Å²) in [4.78, 5) is 18.8. The van der Waals surface area contributed by atoms with E-state index in [-0.39, 0.29) is 17.1 Å². The monoisotopic (exact) mass is 386 g/mol. The highest BCUT2D eigenvalue weighted by molar-refractivity contribution is 6.31. The first-order valence-electron chi connectivity index (χ1n) is 8.53. The van der Waals surface area contributed by atoms with Crippen molar-refractivity contribution in [1.82, 2.24) is 15.0 Å². The van der Waals surface area contributed by atoms with E-state index in [2.05, 4.69) is 15.5 Å². The topological polar surface area (TPSA) is 71.3 Å². The molecule has 1 aliphatic heterocycles. The molecule has 0 aliphatic carbocycles. The summed E-state index contributed by atoms with van der Waals surface area (Å²) in [6.45, 7) is 0.564. The van der Waals surface area contributed by atoms with Crippen molar-refractivity contribution < 1.29 is 13.7 Å². The van der Waals surface area contributed by atoms with Gasteiger partial charge in [-0.25, -0.2) is 9.18 Å². The number of carbonyl (C=O) groups excluding carboxylic acids is 1. The van der Waals surface area contributed by atoms with E-state index in [1.54, 1.807) is 4.90 Å². The van der Waals surface area contributed by atoms with Crippen LogP contribution in [0.3, 0.4) is 0 Å². The van der Waals surface area contributed by atoms with Crippen molar-refractivity contribution in [2.45, 2.75) is 18.9 Å². The Hall–Kier alpha value is -2.93. The maximum atomic E-state index is 13.3. The van der Waals surface area contributed by atoms with Crippen molar-refractivity contribution in [2.75, 3.05) is 11.9 Å². The number of halogens is 2. The number of aromatic nitrogens is 2. The summed E-state index contributed by atoms with van der Waals surface area (Å²) in [5.74, 6) is 0.356. The van der Waals surface area contributed by atoms with Crippen molar-refractivity contribution in [3.63, 3.8) is 0 Å². The number of nitrogens with zero attached hydrogens (tertiary/aromatic N) is 3. The van der Waals surface area contributed by atoms with Gasteiger partial charge in [0, 0.05) is 17.8 Å². The fraction of sp³-hybridized carbons (Fsp3) is 0.211. The molecule has 0 bridgehead atoms. The largest absolute Gasteiger partial charge is 0.337 e. The summed E-state index contributed by atoms with van der Waals surface area (Å²) >= 11 is 5.77. The molecule has 6 nitrogen and oxygen atoms in total. The molecule has 27 heavy (non-hydrogen) atoms. The second-order valence-corrected chi connectivity index (χ2v) is 6.64. The SMILES string of the molecule is O=C(Nc1ccc(F)c(Cl)c1)N1CCCC1c1nc(-c2ccccc2)no1. The van der Waals surface area contributed by atoms with Crippen LogP contribution < -0.4 is 5.32 Å². The summed E-state index contributed by atoms with van der Waals surface area (Å²) < 4.78 is 18.7. The minimum absolute atomic E-state index is 0.0461. The van der Waals surface area contributed by atoms with Gasteiger partial charge in [-0.05, 0) is 31.0 Å². The third-order valence-electron chi connectivity index (χ3n) is 4.44. The molecule has 2 amide bonds. The van der Waals surface area contributed by atoms with Crippen LogP contribution in [-0.4, -0.2) is 27.6 Å². The Balaban J connectivity index is 1.51. The van der Waals surface area contributed by atoms with Crippen molar-refractivity contribution in [1.29, 1.82) is 0 Å². The highest BCUT2D eigenvalue weighted by atomic mass is 35.5. The van der Waals surface area contributed by atoms with Crippen LogP contribution >= 0.6 is 11.6 Å². The van der Waals surface area contributed by atoms with E-state index in [0.717, 1.165) is 18.4 Å². The van der Waals surface area contributed by atoms with Gasteiger partial charge in [0.1, 0.15) is 11.9 Å². The minimum Gasteiger partial charge on any atom is -0.337 e. The Kier molecular flexibility index (Phi) is 4.77. The van der Waals surface area contributed by atoms with Gasteiger partial charge in [-0.2, -0.15) is 4.98 Å². The predicted octanol–water partition coefficient (Wildman–Crippen LogP) is 4.90. The quantitative estimate of drug-likeness (QED) is 0.695. The number of urea groups is 1. The highest BCUT2D eigenvalue weighted by Gasteiger charge is 2.34. The Morgan fingerprint density at radius 3 is 2.85 bits per heavy atom. The zero-order chi connectivity index (χ0) is 18.8. The molecular weight excluding hydrogens is 371 g/mol. The Bertz CT molecular complexity index is 963. The molecule has 0 saturated carbocycles. The molecule has 0 spiro atoms. The number of anilines is 1. The molecule has 3 aromatic rings. The van der Waals surface area contributed by atoms with Gasteiger partial charge in [-0.15, -0.1) is 0 Å². The lowest BCUT2D eigenvalue weighted by Gasteiger charge is -2.22. The molecule has 8 heteroatoms. The number of carbonyl (C=O) groups is 1. The summed E-state index contributed by atoms with van der Waals surface area (Å²) in [5, 5.41) is 6.72. The lowest BCUT2D eigenvalue weighted by molar-refractivity contribution is 0.193. The fourth-order valence-corrected chi connectivity index (χ4v) is 3.29. The second-order valence-electron chi connectivity index (χ2n) is 6.23. The molecule has 1 unspecified atom stereocenters. The van der Waals surface area contributed by atoms with E-state index in [4.69, 9.17) is 16.1 Å². The molecule has 4 rings (SSSR count). The van der Waals surface area contributed by atoms with Gasteiger partial charge in [0.15, 0.2) is 0 Å². The Labute approximate surface area is 159 Å². The summed E-state index contributed by atoms with van der Waals surface area (Å²) in [7, 11) is 0. The van der Waals surface area contributed by atoms with Crippen LogP contribution in [0.25, 0.3) is 11.4 Å². The second kappa shape index (κ2) is 7.36. The molecule has 1 aromatic heterocycles. The summed E-state index contributed by atoms with van der Waals surface area (Å²) in [6, 6.07) is 12.9. The van der Waals surface area contributed by atoms with Crippen LogP contribution in [0.4, 0.5) is 14.9 Å². The molecule has 1 saturated heterocycles. The van der Waals surface area contributed by atoms with Gasteiger partial charge in [-0.1, -0.05) is 47.1 Å². The normalized spacial score (nSPS) is 16.5. The zero-order valence-electron chi connectivity index (χ0n) is 14.2. The van der Waals surface area contributed by atoms with Gasteiger partial charge in [0.05, 0.1) is 5.02 Å². The van der Waals surface area contributed by atoms with Gasteiger partial charge in [0.2, 0.25) is 11.7 Å². The predicted molar refractivity (Wildman–Crippen MR) is 98.8 cm³/mol. The van der Waals surface area contributed by atoms with E-state index in [1.807, 2.05) is 30.3 Å². The van der Waals surface area contributed by atoms with E-state index < -0.39 is 5.82 Å². The number of nitrogens with one attached hydrogen (secondary N) is 1. The van der Waals surface area contributed by atoms with Crippen LogP contribution in [0, 0.1) is 5.82 Å². The molecule has 1 aliphatic rings. The maximum Gasteiger partial charge on any atom is 0.322 e. The molecule has 1 N–H and O–H groups in total. The Morgan fingerprint density at radius 2 is 2.07 bits per heavy atom. The summed E-state index contributed by atoms with van der Waals surface area (Å²) in [5.41, 5.74) is 1.27. The van der Waals surface area contributed by atoms with Crippen LogP contribution in [0.15, 0.2) is 53.1 Å². The molecule has 138 valence electrons. The van der Waals surface area contributed by atoms with Gasteiger partial charge >= 0.3 is 6.03 Å². The Morgan fingerprint density at radius 1 is 1.26 bits per heavy atom. The van der Waals surface area contributed by atoms with E-state index in [1.165, 1.54) is 18.2 Å². The first kappa shape index (κ1) is 17.5. The number of hydrogen-bond donors (Lipinski definition) is 1. The number of hydrogen-bond acceptors (Lipinski definition) is 4. The van der Waals surface area contributed by atoms with E-state index >= 15 is 0 Å². The number of benzene rings is 2. The van der Waals surface area contributed by atoms with Crippen LogP contribution in [-0.2, 0) is 0 Å². The van der Waals surface area contributed by atoms with Crippen molar-refractivity contribution >= 4 is 23.3 Å². The average molecular weight is 387 g/mol. The molecule has 2 aromatic carbocycles. The zero-order valence-corrected chi connectivity index (χ0v) is 15.0. The standard InChI is InChI=1S/C19H16ClFN4O2/c20-14-11-13(8-9-15(14)21)22-19(26)25-10-4-7-16(25)18-23-17(24-27-18)12-5-2-1-3-6-12/h1-3,5-6,8-9,11,16H,4,7,10H2,(H,22,26). The fourth-order valence-electron chi connectivity index (χ4n) is 3.11. The lowest BCUT2D eigenvalue weighted by atomic mass is 10.2. The third kappa shape index (κ3) is 3.64. The van der Waals surface area contributed by atoms with Gasteiger partial charge in [-0.3, -0.25) is 0 Å². The number of likely N-dealkylation sites (tertiary alicyclic amines) is 1. The molecule has 1 atom stereocenters. The van der Waals surface area contributed by atoms with Gasteiger partial charge < -0.3 is 14.7 Å². The average Bonchev–Trinajstić information content (AvgIpc) is 3.34. The van der Waals surface area contributed by atoms with Crippen LogP contribution in [0.5, 0.6) is 0 Å². The third-order valence-corrected chi connectivity index (χ3v) is 4.73. The molecule has 1 fully saturated rings. The van der Waals surface area contributed by atoms with Crippen molar-refractivity contribution in [2.24, 2.45) is 0 Å². The maximum absolute atomic E-state index is 13.3.